The molecule has 0 saturated heterocycles. The molecule has 1 N–H and O–H groups in total. The van der Waals surface area contributed by atoms with Crippen molar-refractivity contribution in [2.24, 2.45) is 0 Å². The smallest absolute Gasteiger partial charge is 0.248 e. The zero-order valence-corrected chi connectivity index (χ0v) is 11.8. The van der Waals surface area contributed by atoms with Crippen molar-refractivity contribution < 1.29 is 4.74 Å². The second-order valence-corrected chi connectivity index (χ2v) is 5.02. The molecular weight excluding hydrogens is 238 g/mol. The topological polar surface area (TPSA) is 42.1 Å². The fraction of sp³-hybridized carbons (Fsp3) is 0.312. The molecule has 0 aliphatic carbocycles. The largest absolute Gasteiger partial charge is 0.495 e. The van der Waals surface area contributed by atoms with Gasteiger partial charge in [-0.1, -0.05) is 37.6 Å². The molecule has 2 rings (SSSR count). The summed E-state index contributed by atoms with van der Waals surface area (Å²) in [6.45, 7) is 6.34. The highest BCUT2D eigenvalue weighted by atomic mass is 16.5. The van der Waals surface area contributed by atoms with Gasteiger partial charge in [-0.15, -0.1) is 0 Å². The maximum absolute atomic E-state index is 11.6. The lowest BCUT2D eigenvalue weighted by Crippen LogP contribution is -2.06. The van der Waals surface area contributed by atoms with E-state index in [-0.39, 0.29) is 5.56 Å². The molecule has 1 aromatic heterocycles. The van der Waals surface area contributed by atoms with Crippen LogP contribution in [0.2, 0.25) is 0 Å². The van der Waals surface area contributed by atoms with E-state index in [0.717, 1.165) is 11.1 Å². The van der Waals surface area contributed by atoms with Crippen LogP contribution in [0, 0.1) is 6.92 Å². The summed E-state index contributed by atoms with van der Waals surface area (Å²) in [5.41, 5.74) is 4.18. The van der Waals surface area contributed by atoms with E-state index in [1.807, 2.05) is 6.92 Å². The molecule has 0 unspecified atom stereocenters. The quantitative estimate of drug-likeness (QED) is 0.914. The van der Waals surface area contributed by atoms with E-state index in [0.29, 0.717) is 11.7 Å². The highest BCUT2D eigenvalue weighted by molar-refractivity contribution is 5.73. The Bertz CT molecular complexity index is 641. The minimum Gasteiger partial charge on any atom is -0.495 e. The third-order valence-corrected chi connectivity index (χ3v) is 3.23. The maximum atomic E-state index is 11.6. The third-order valence-electron chi connectivity index (χ3n) is 3.23. The molecule has 1 heterocycles. The Kier molecular flexibility index (Phi) is 3.74. The third kappa shape index (κ3) is 2.70. The van der Waals surface area contributed by atoms with Gasteiger partial charge in [-0.3, -0.25) is 4.79 Å². The number of aromatic nitrogens is 1. The van der Waals surface area contributed by atoms with Gasteiger partial charge in [0, 0.05) is 17.8 Å². The molecule has 0 saturated carbocycles. The summed E-state index contributed by atoms with van der Waals surface area (Å²) in [5.74, 6) is 1.08. The van der Waals surface area contributed by atoms with Crippen LogP contribution in [0.15, 0.2) is 35.3 Å². The van der Waals surface area contributed by atoms with Gasteiger partial charge >= 0.3 is 0 Å². The maximum Gasteiger partial charge on any atom is 0.248 e. The molecule has 0 aliphatic heterocycles. The fourth-order valence-electron chi connectivity index (χ4n) is 2.24. The summed E-state index contributed by atoms with van der Waals surface area (Å²) in [4.78, 5) is 14.2. The Morgan fingerprint density at radius 3 is 2.53 bits per heavy atom. The zero-order valence-electron chi connectivity index (χ0n) is 11.8. The summed E-state index contributed by atoms with van der Waals surface area (Å²) < 4.78 is 5.36. The van der Waals surface area contributed by atoms with Gasteiger partial charge < -0.3 is 9.72 Å². The van der Waals surface area contributed by atoms with Crippen molar-refractivity contribution in [3.8, 4) is 16.9 Å². The molecule has 0 radical (unpaired) electrons. The van der Waals surface area contributed by atoms with E-state index >= 15 is 0 Å². The zero-order chi connectivity index (χ0) is 14.0. The normalized spacial score (nSPS) is 10.8. The fourth-order valence-corrected chi connectivity index (χ4v) is 2.24. The van der Waals surface area contributed by atoms with Crippen LogP contribution in [-0.2, 0) is 0 Å². The van der Waals surface area contributed by atoms with Gasteiger partial charge in [-0.25, -0.2) is 0 Å². The van der Waals surface area contributed by atoms with Crippen molar-refractivity contribution in [1.82, 2.24) is 4.98 Å². The first-order chi connectivity index (χ1) is 9.02. The van der Waals surface area contributed by atoms with E-state index < -0.39 is 0 Å². The Balaban J connectivity index is 2.73. The number of H-pyrrole nitrogens is 1. The van der Waals surface area contributed by atoms with Crippen molar-refractivity contribution in [3.05, 3.63) is 51.9 Å². The summed E-state index contributed by atoms with van der Waals surface area (Å²) >= 11 is 0. The van der Waals surface area contributed by atoms with Crippen LogP contribution in [-0.4, -0.2) is 12.1 Å². The SMILES string of the molecule is COc1c[nH]c(=O)cc1-c1cc(C)ccc1C(C)C. The predicted octanol–water partition coefficient (Wildman–Crippen LogP) is 3.48. The minimum absolute atomic E-state index is 0.119. The van der Waals surface area contributed by atoms with Crippen LogP contribution in [0.3, 0.4) is 0 Å². The first-order valence-electron chi connectivity index (χ1n) is 6.40. The van der Waals surface area contributed by atoms with Crippen LogP contribution in [0.1, 0.15) is 30.9 Å². The Morgan fingerprint density at radius 1 is 1.16 bits per heavy atom. The Hall–Kier alpha value is -2.03. The molecule has 0 aliphatic rings. The number of nitrogens with one attached hydrogen (secondary N) is 1. The average molecular weight is 257 g/mol. The van der Waals surface area contributed by atoms with Crippen molar-refractivity contribution in [2.75, 3.05) is 7.11 Å². The van der Waals surface area contributed by atoms with Crippen molar-refractivity contribution in [1.29, 1.82) is 0 Å². The van der Waals surface area contributed by atoms with Crippen molar-refractivity contribution in [2.45, 2.75) is 26.7 Å². The first-order valence-corrected chi connectivity index (χ1v) is 6.40. The lowest BCUT2D eigenvalue weighted by atomic mass is 9.91. The van der Waals surface area contributed by atoms with Crippen LogP contribution in [0.5, 0.6) is 5.75 Å². The number of aryl methyl sites for hydroxylation is 1. The molecule has 0 spiro atoms. The molecule has 3 heteroatoms. The summed E-state index contributed by atoms with van der Waals surface area (Å²) in [6.07, 6.45) is 1.62. The van der Waals surface area contributed by atoms with E-state index in [1.165, 1.54) is 11.1 Å². The number of methoxy groups -OCH3 is 1. The van der Waals surface area contributed by atoms with E-state index in [9.17, 15) is 4.79 Å². The molecule has 0 bridgehead atoms. The number of pyridine rings is 1. The molecule has 1 aromatic carbocycles. The monoisotopic (exact) mass is 257 g/mol. The number of hydrogen-bond acceptors (Lipinski definition) is 2. The van der Waals surface area contributed by atoms with Crippen LogP contribution >= 0.6 is 0 Å². The molecule has 0 amide bonds. The van der Waals surface area contributed by atoms with Crippen molar-refractivity contribution >= 4 is 0 Å². The molecule has 2 aromatic rings. The molecule has 3 nitrogen and oxygen atoms in total. The lowest BCUT2D eigenvalue weighted by molar-refractivity contribution is 0.414. The minimum atomic E-state index is -0.119. The van der Waals surface area contributed by atoms with Crippen LogP contribution in [0.4, 0.5) is 0 Å². The van der Waals surface area contributed by atoms with E-state index in [4.69, 9.17) is 4.74 Å². The summed E-state index contributed by atoms with van der Waals surface area (Å²) in [6, 6.07) is 7.92. The second kappa shape index (κ2) is 5.31. The van der Waals surface area contributed by atoms with Gasteiger partial charge in [0.1, 0.15) is 5.75 Å². The number of benzene rings is 1. The van der Waals surface area contributed by atoms with Gasteiger partial charge in [0.25, 0.3) is 0 Å². The number of ether oxygens (including phenoxy) is 1. The van der Waals surface area contributed by atoms with Crippen molar-refractivity contribution in [3.63, 3.8) is 0 Å². The Morgan fingerprint density at radius 2 is 1.89 bits per heavy atom. The van der Waals surface area contributed by atoms with Crippen LogP contribution < -0.4 is 10.3 Å². The van der Waals surface area contributed by atoms with Gasteiger partial charge in [0.05, 0.1) is 7.11 Å². The van der Waals surface area contributed by atoms with Gasteiger partial charge in [-0.2, -0.15) is 0 Å². The van der Waals surface area contributed by atoms with E-state index in [2.05, 4.69) is 37.0 Å². The van der Waals surface area contributed by atoms with Gasteiger partial charge in [-0.05, 0) is 24.0 Å². The number of aromatic amines is 1. The average Bonchev–Trinajstić information content (AvgIpc) is 2.38. The van der Waals surface area contributed by atoms with Gasteiger partial charge in [0.15, 0.2) is 0 Å². The van der Waals surface area contributed by atoms with Crippen LogP contribution in [0.25, 0.3) is 11.1 Å². The molecule has 0 atom stereocenters. The molecule has 100 valence electrons. The predicted molar refractivity (Wildman–Crippen MR) is 77.9 cm³/mol. The standard InChI is InChI=1S/C16H19NO2/c1-10(2)12-6-5-11(3)7-13(12)14-8-16(18)17-9-15(14)19-4/h5-10H,1-4H3,(H,17,18). The molecule has 0 fully saturated rings. The summed E-state index contributed by atoms with van der Waals surface area (Å²) in [5, 5.41) is 0. The highest BCUT2D eigenvalue weighted by Gasteiger charge is 2.13. The lowest BCUT2D eigenvalue weighted by Gasteiger charge is -2.16. The Labute approximate surface area is 113 Å². The molecule has 19 heavy (non-hydrogen) atoms. The number of hydrogen-bond donors (Lipinski definition) is 1. The van der Waals surface area contributed by atoms with Gasteiger partial charge in [0.2, 0.25) is 5.56 Å². The number of rotatable bonds is 3. The molecular formula is C16H19NO2. The first kappa shape index (κ1) is 13.4. The summed E-state index contributed by atoms with van der Waals surface area (Å²) in [7, 11) is 1.61. The van der Waals surface area contributed by atoms with E-state index in [1.54, 1.807) is 19.4 Å². The second-order valence-electron chi connectivity index (χ2n) is 5.02. The highest BCUT2D eigenvalue weighted by Crippen LogP contribution is 2.34.